The third kappa shape index (κ3) is 3.92. The van der Waals surface area contributed by atoms with Crippen molar-refractivity contribution >= 4 is 13.1 Å². The maximum Gasteiger partial charge on any atom is 0.522 e. The number of aromatic carboxylic acids is 1. The van der Waals surface area contributed by atoms with Crippen LogP contribution in [-0.4, -0.2) is 78.7 Å². The Bertz CT molecular complexity index is 902. The number of aliphatic hydroxyl groups excluding tert-OH is 2. The van der Waals surface area contributed by atoms with Gasteiger partial charge in [0.1, 0.15) is 29.4 Å². The van der Waals surface area contributed by atoms with E-state index in [-0.39, 0.29) is 36.3 Å². The summed E-state index contributed by atoms with van der Waals surface area (Å²) in [5.41, 5.74) is 1.12. The Hall–Kier alpha value is -2.67. The number of hydrogen-bond acceptors (Lipinski definition) is 9. The molecule has 11 nitrogen and oxygen atoms in total. The highest BCUT2D eigenvalue weighted by molar-refractivity contribution is 6.44. The summed E-state index contributed by atoms with van der Waals surface area (Å²) in [6.07, 6.45) is 1.21. The van der Waals surface area contributed by atoms with Crippen molar-refractivity contribution in [2.75, 3.05) is 13.1 Å². The smallest absolute Gasteiger partial charge is 0.522 e. The zero-order valence-corrected chi connectivity index (χ0v) is 15.5. The van der Waals surface area contributed by atoms with Crippen molar-refractivity contribution in [1.29, 1.82) is 0 Å². The van der Waals surface area contributed by atoms with Gasteiger partial charge in [0.15, 0.2) is 0 Å². The highest BCUT2D eigenvalue weighted by atomic mass is 16.5. The lowest BCUT2D eigenvalue weighted by atomic mass is 9.78. The Balaban J connectivity index is 1.40. The third-order valence-corrected chi connectivity index (χ3v) is 5.12. The summed E-state index contributed by atoms with van der Waals surface area (Å²) < 4.78 is 12.6. The van der Waals surface area contributed by atoms with Crippen LogP contribution in [0.4, 0.5) is 0 Å². The van der Waals surface area contributed by atoms with Gasteiger partial charge in [-0.2, -0.15) is 0 Å². The maximum atomic E-state index is 11.8. The molecule has 1 saturated heterocycles. The average molecular weight is 404 g/mol. The number of nitrogens with zero attached hydrogens (tertiary/aromatic N) is 4. The zero-order valence-electron chi connectivity index (χ0n) is 15.5. The van der Waals surface area contributed by atoms with Crippen molar-refractivity contribution in [2.45, 2.75) is 38.2 Å². The van der Waals surface area contributed by atoms with E-state index in [1.165, 1.54) is 10.9 Å². The van der Waals surface area contributed by atoms with Crippen LogP contribution in [0, 0.1) is 0 Å². The number of ether oxygens (including phenoxy) is 1. The van der Waals surface area contributed by atoms with Crippen LogP contribution in [0.15, 0.2) is 18.3 Å². The minimum Gasteiger partial charge on any atom is -0.535 e. The summed E-state index contributed by atoms with van der Waals surface area (Å²) in [5, 5.41) is 46.4. The monoisotopic (exact) mass is 404 g/mol. The van der Waals surface area contributed by atoms with E-state index < -0.39 is 19.3 Å². The molecule has 0 aliphatic carbocycles. The maximum absolute atomic E-state index is 11.8. The molecule has 0 amide bonds. The van der Waals surface area contributed by atoms with Crippen LogP contribution in [0.3, 0.4) is 0 Å². The van der Waals surface area contributed by atoms with Gasteiger partial charge in [-0.25, -0.2) is 9.48 Å². The number of likely N-dealkylation sites (tertiary alicyclic amines) is 1. The topological polar surface area (TPSA) is 150 Å². The van der Waals surface area contributed by atoms with Gasteiger partial charge < -0.3 is 29.7 Å². The number of fused-ring (bicyclic) bond motifs is 1. The fraction of sp³-hybridized carbons (Fsp3) is 0.471. The second kappa shape index (κ2) is 7.99. The SMILES string of the molecule is O=C(O)c1c(OC2CN(C(O)Cn3nncc3CO)C2)ccc2c1OB(O)CC2. The highest BCUT2D eigenvalue weighted by Gasteiger charge is 2.36. The molecule has 3 heterocycles. The normalized spacial score (nSPS) is 18.0. The van der Waals surface area contributed by atoms with E-state index in [2.05, 4.69) is 10.3 Å². The van der Waals surface area contributed by atoms with Gasteiger partial charge >= 0.3 is 13.1 Å². The molecular formula is C17H21BN4O7. The number of carboxylic acid groups (broad SMARTS) is 1. The molecule has 1 aromatic carbocycles. The van der Waals surface area contributed by atoms with E-state index in [9.17, 15) is 25.1 Å². The van der Waals surface area contributed by atoms with Crippen LogP contribution in [-0.2, 0) is 19.6 Å². The first-order valence-electron chi connectivity index (χ1n) is 9.27. The summed E-state index contributed by atoms with van der Waals surface area (Å²) in [6.45, 7) is 0.708. The molecule has 0 spiro atoms. The molecule has 1 aromatic heterocycles. The van der Waals surface area contributed by atoms with Crippen molar-refractivity contribution in [3.8, 4) is 11.5 Å². The predicted octanol–water partition coefficient (Wildman–Crippen LogP) is -1.03. The fourth-order valence-corrected chi connectivity index (χ4v) is 3.51. The van der Waals surface area contributed by atoms with Gasteiger partial charge in [0.2, 0.25) is 0 Å². The van der Waals surface area contributed by atoms with Gasteiger partial charge in [-0.05, 0) is 24.4 Å². The molecule has 1 fully saturated rings. The summed E-state index contributed by atoms with van der Waals surface area (Å²) in [7, 11) is -1.04. The number of benzene rings is 1. The lowest BCUT2D eigenvalue weighted by molar-refractivity contribution is -0.0980. The van der Waals surface area contributed by atoms with E-state index in [0.717, 1.165) is 5.56 Å². The molecule has 2 aliphatic rings. The number of carbonyl (C=O) groups is 1. The largest absolute Gasteiger partial charge is 0.535 e. The Kier molecular flexibility index (Phi) is 5.41. The van der Waals surface area contributed by atoms with Crippen LogP contribution in [0.5, 0.6) is 11.5 Å². The standard InChI is InChI=1S/C17H21BN4O7/c23-9-11-5-19-20-22(11)8-14(24)21-6-12(7-21)28-13-2-1-10-3-4-18(27)29-16(10)15(13)17(25)26/h1-2,5,12,14,23-24,27H,3-4,6-9H2,(H,25,26). The molecule has 4 N–H and O–H groups in total. The van der Waals surface area contributed by atoms with Gasteiger partial charge in [-0.1, -0.05) is 11.3 Å². The molecule has 1 unspecified atom stereocenters. The van der Waals surface area contributed by atoms with Gasteiger partial charge in [-0.15, -0.1) is 5.10 Å². The van der Waals surface area contributed by atoms with Gasteiger partial charge in [0.05, 0.1) is 25.0 Å². The summed E-state index contributed by atoms with van der Waals surface area (Å²) in [6, 6.07) is 3.35. The van der Waals surface area contributed by atoms with Crippen LogP contribution in [0.25, 0.3) is 0 Å². The van der Waals surface area contributed by atoms with E-state index in [1.54, 1.807) is 17.0 Å². The number of aryl methyl sites for hydroxylation is 1. The highest BCUT2D eigenvalue weighted by Crippen LogP contribution is 2.37. The third-order valence-electron chi connectivity index (χ3n) is 5.12. The van der Waals surface area contributed by atoms with E-state index in [0.29, 0.717) is 31.5 Å². The fourth-order valence-electron chi connectivity index (χ4n) is 3.51. The second-order valence-electron chi connectivity index (χ2n) is 7.08. The molecule has 29 heavy (non-hydrogen) atoms. The first-order chi connectivity index (χ1) is 14.0. The second-order valence-corrected chi connectivity index (χ2v) is 7.08. The zero-order chi connectivity index (χ0) is 20.5. The average Bonchev–Trinajstić information content (AvgIpc) is 3.10. The minimum atomic E-state index is -1.19. The lowest BCUT2D eigenvalue weighted by Gasteiger charge is -2.42. The summed E-state index contributed by atoms with van der Waals surface area (Å²) in [4.78, 5) is 13.5. The Morgan fingerprint density at radius 2 is 2.21 bits per heavy atom. The molecule has 1 atom stereocenters. The predicted molar refractivity (Wildman–Crippen MR) is 98.5 cm³/mol. The number of carboxylic acids is 1. The van der Waals surface area contributed by atoms with Crippen LogP contribution in [0.1, 0.15) is 21.6 Å². The Morgan fingerprint density at radius 1 is 1.41 bits per heavy atom. The van der Waals surface area contributed by atoms with Gasteiger partial charge in [-0.3, -0.25) is 4.90 Å². The van der Waals surface area contributed by atoms with E-state index in [4.69, 9.17) is 9.39 Å². The van der Waals surface area contributed by atoms with Gasteiger partial charge in [0, 0.05) is 13.1 Å². The Labute approximate surface area is 166 Å². The molecular weight excluding hydrogens is 383 g/mol. The summed E-state index contributed by atoms with van der Waals surface area (Å²) >= 11 is 0. The number of rotatable bonds is 7. The number of hydrogen-bond donors (Lipinski definition) is 4. The molecule has 0 saturated carbocycles. The number of aliphatic hydroxyl groups is 2. The molecule has 154 valence electrons. The lowest BCUT2D eigenvalue weighted by Crippen LogP contribution is -2.58. The van der Waals surface area contributed by atoms with Crippen molar-refractivity contribution < 1.29 is 34.5 Å². The molecule has 0 bridgehead atoms. The molecule has 4 rings (SSSR count). The minimum absolute atomic E-state index is 0.101. The molecule has 12 heteroatoms. The van der Waals surface area contributed by atoms with Crippen LogP contribution >= 0.6 is 0 Å². The summed E-state index contributed by atoms with van der Waals surface area (Å²) in [5.74, 6) is -0.874. The Morgan fingerprint density at radius 3 is 2.93 bits per heavy atom. The van der Waals surface area contributed by atoms with Gasteiger partial charge in [0.25, 0.3) is 0 Å². The van der Waals surface area contributed by atoms with Crippen molar-refractivity contribution in [2.24, 2.45) is 0 Å². The first kappa shape index (κ1) is 19.6. The quantitative estimate of drug-likeness (QED) is 0.422. The molecule has 2 aliphatic heterocycles. The van der Waals surface area contributed by atoms with Crippen molar-refractivity contribution in [1.82, 2.24) is 19.9 Å². The first-order valence-corrected chi connectivity index (χ1v) is 9.27. The molecule has 0 radical (unpaired) electrons. The van der Waals surface area contributed by atoms with Crippen LogP contribution < -0.4 is 9.39 Å². The van der Waals surface area contributed by atoms with E-state index in [1.807, 2.05) is 0 Å². The van der Waals surface area contributed by atoms with Crippen LogP contribution in [0.2, 0.25) is 6.32 Å². The molecule has 2 aromatic rings. The number of aromatic nitrogens is 3. The van der Waals surface area contributed by atoms with Crippen molar-refractivity contribution in [3.05, 3.63) is 35.2 Å². The van der Waals surface area contributed by atoms with E-state index >= 15 is 0 Å². The van der Waals surface area contributed by atoms with Crippen molar-refractivity contribution in [3.63, 3.8) is 0 Å².